The highest BCUT2D eigenvalue weighted by molar-refractivity contribution is 7.12. The number of esters is 1. The zero-order chi connectivity index (χ0) is 19.8. The van der Waals surface area contributed by atoms with Gasteiger partial charge in [-0.05, 0) is 51.5 Å². The van der Waals surface area contributed by atoms with Crippen molar-refractivity contribution in [3.05, 3.63) is 21.4 Å². The van der Waals surface area contributed by atoms with E-state index in [1.54, 1.807) is 13.0 Å². The number of imide groups is 1. The Bertz CT molecular complexity index is 795. The molecule has 2 fully saturated rings. The Kier molecular flexibility index (Phi) is 5.23. The number of carbonyl (C=O) groups excluding carboxylic acids is 4. The summed E-state index contributed by atoms with van der Waals surface area (Å²) < 4.78 is 5.00. The summed E-state index contributed by atoms with van der Waals surface area (Å²) in [4.78, 5) is 50.7. The molecule has 0 aromatic carbocycles. The third-order valence-corrected chi connectivity index (χ3v) is 6.09. The number of nitrogens with zero attached hydrogens (tertiary/aromatic N) is 1. The maximum absolute atomic E-state index is 12.7. The van der Waals surface area contributed by atoms with E-state index < -0.39 is 36.0 Å². The molecule has 1 saturated carbocycles. The second-order valence-corrected chi connectivity index (χ2v) is 8.73. The zero-order valence-corrected chi connectivity index (χ0v) is 16.4. The number of thiophene rings is 1. The number of nitrogens with one attached hydrogen (secondary N) is 2. The van der Waals surface area contributed by atoms with E-state index in [0.717, 1.165) is 22.6 Å². The van der Waals surface area contributed by atoms with Crippen LogP contribution in [0.1, 0.15) is 52.7 Å². The monoisotopic (exact) mass is 393 g/mol. The molecule has 2 heterocycles. The average molecular weight is 393 g/mol. The molecule has 146 valence electrons. The van der Waals surface area contributed by atoms with Crippen molar-refractivity contribution in [3.8, 4) is 0 Å². The van der Waals surface area contributed by atoms with Gasteiger partial charge in [0.25, 0.3) is 11.8 Å². The summed E-state index contributed by atoms with van der Waals surface area (Å²) in [5.41, 5.74) is 1.73. The first kappa shape index (κ1) is 19.3. The standard InChI is InChI=1S/C18H23N3O5S/c1-10-4-6-18(7-5-10)16(24)21(17(25)19-18)20-14(22)9-26-15(23)13-8-11(2)27-12(13)3/h8,10H,4-7,9H2,1-3H3,(H,19,25)(H,20,22). The first-order valence-corrected chi connectivity index (χ1v) is 9.74. The van der Waals surface area contributed by atoms with Crippen molar-refractivity contribution in [1.82, 2.24) is 15.8 Å². The minimum atomic E-state index is -0.932. The minimum Gasteiger partial charge on any atom is -0.452 e. The van der Waals surface area contributed by atoms with Crippen LogP contribution < -0.4 is 10.7 Å². The molecular formula is C18H23N3O5S. The predicted octanol–water partition coefficient (Wildman–Crippen LogP) is 2.05. The Hall–Kier alpha value is -2.42. The Labute approximate surface area is 161 Å². The van der Waals surface area contributed by atoms with Crippen LogP contribution >= 0.6 is 11.3 Å². The van der Waals surface area contributed by atoms with Gasteiger partial charge in [0.1, 0.15) is 5.54 Å². The second-order valence-electron chi connectivity index (χ2n) is 7.27. The molecule has 27 heavy (non-hydrogen) atoms. The van der Waals surface area contributed by atoms with E-state index in [1.807, 2.05) is 6.92 Å². The van der Waals surface area contributed by atoms with Crippen LogP contribution in [0.5, 0.6) is 0 Å². The van der Waals surface area contributed by atoms with E-state index in [4.69, 9.17) is 4.74 Å². The maximum atomic E-state index is 12.7. The molecule has 1 aliphatic carbocycles. The summed E-state index contributed by atoms with van der Waals surface area (Å²) >= 11 is 1.46. The lowest BCUT2D eigenvalue weighted by Gasteiger charge is -2.33. The molecule has 4 amide bonds. The van der Waals surface area contributed by atoms with Crippen molar-refractivity contribution in [2.24, 2.45) is 5.92 Å². The molecule has 3 rings (SSSR count). The van der Waals surface area contributed by atoms with E-state index >= 15 is 0 Å². The molecular weight excluding hydrogens is 370 g/mol. The lowest BCUT2D eigenvalue weighted by molar-refractivity contribution is -0.141. The van der Waals surface area contributed by atoms with E-state index in [9.17, 15) is 19.2 Å². The van der Waals surface area contributed by atoms with Crippen molar-refractivity contribution in [2.45, 2.75) is 52.0 Å². The Balaban J connectivity index is 1.56. The van der Waals surface area contributed by atoms with E-state index in [-0.39, 0.29) is 0 Å². The summed E-state index contributed by atoms with van der Waals surface area (Å²) in [7, 11) is 0. The largest absolute Gasteiger partial charge is 0.452 e. The topological polar surface area (TPSA) is 105 Å². The fourth-order valence-electron chi connectivity index (χ4n) is 3.51. The van der Waals surface area contributed by atoms with Crippen LogP contribution in [0.4, 0.5) is 4.79 Å². The Morgan fingerprint density at radius 3 is 2.59 bits per heavy atom. The molecule has 2 aliphatic rings. The van der Waals surface area contributed by atoms with Gasteiger partial charge < -0.3 is 10.1 Å². The molecule has 0 unspecified atom stereocenters. The molecule has 2 N–H and O–H groups in total. The molecule has 1 spiro atoms. The number of hydrogen-bond acceptors (Lipinski definition) is 6. The molecule has 0 radical (unpaired) electrons. The summed E-state index contributed by atoms with van der Waals surface area (Å²) in [5, 5.41) is 3.41. The van der Waals surface area contributed by atoms with Gasteiger partial charge >= 0.3 is 12.0 Å². The third kappa shape index (κ3) is 3.83. The highest BCUT2D eigenvalue weighted by atomic mass is 32.1. The summed E-state index contributed by atoms with van der Waals surface area (Å²) in [6, 6.07) is 1.05. The van der Waals surface area contributed by atoms with Crippen LogP contribution in [0.3, 0.4) is 0 Å². The number of rotatable bonds is 4. The van der Waals surface area contributed by atoms with Gasteiger partial charge in [0, 0.05) is 9.75 Å². The van der Waals surface area contributed by atoms with Crippen LogP contribution in [-0.4, -0.2) is 41.0 Å². The van der Waals surface area contributed by atoms with Crippen molar-refractivity contribution < 1.29 is 23.9 Å². The fraction of sp³-hybridized carbons (Fsp3) is 0.556. The van der Waals surface area contributed by atoms with Gasteiger partial charge in [-0.3, -0.25) is 15.0 Å². The van der Waals surface area contributed by atoms with Crippen molar-refractivity contribution in [1.29, 1.82) is 0 Å². The van der Waals surface area contributed by atoms with Gasteiger partial charge in [0.05, 0.1) is 5.56 Å². The van der Waals surface area contributed by atoms with Crippen molar-refractivity contribution in [2.75, 3.05) is 6.61 Å². The predicted molar refractivity (Wildman–Crippen MR) is 98.0 cm³/mol. The summed E-state index contributed by atoms with van der Waals surface area (Å²) in [6.07, 6.45) is 2.78. The van der Waals surface area contributed by atoms with Gasteiger partial charge in [0.2, 0.25) is 0 Å². The van der Waals surface area contributed by atoms with Gasteiger partial charge in [0.15, 0.2) is 6.61 Å². The first-order valence-electron chi connectivity index (χ1n) is 8.92. The quantitative estimate of drug-likeness (QED) is 0.602. The molecule has 0 atom stereocenters. The van der Waals surface area contributed by atoms with Crippen LogP contribution in [0.25, 0.3) is 0 Å². The Morgan fingerprint density at radius 1 is 1.33 bits per heavy atom. The van der Waals surface area contributed by atoms with E-state index in [0.29, 0.717) is 29.3 Å². The van der Waals surface area contributed by atoms with Gasteiger partial charge in [-0.2, -0.15) is 5.01 Å². The molecule has 8 nitrogen and oxygen atoms in total. The number of aryl methyl sites for hydroxylation is 2. The number of amides is 4. The highest BCUT2D eigenvalue weighted by Gasteiger charge is 2.52. The van der Waals surface area contributed by atoms with Crippen LogP contribution in [0.15, 0.2) is 6.07 Å². The lowest BCUT2D eigenvalue weighted by Crippen LogP contribution is -2.52. The number of urea groups is 1. The van der Waals surface area contributed by atoms with Crippen LogP contribution in [0, 0.1) is 19.8 Å². The molecule has 1 saturated heterocycles. The summed E-state index contributed by atoms with van der Waals surface area (Å²) in [5.74, 6) is -1.30. The maximum Gasteiger partial charge on any atom is 0.344 e. The second kappa shape index (κ2) is 7.30. The fourth-order valence-corrected chi connectivity index (χ4v) is 4.43. The molecule has 1 aromatic heterocycles. The van der Waals surface area contributed by atoms with Crippen molar-refractivity contribution >= 4 is 35.2 Å². The van der Waals surface area contributed by atoms with E-state index in [2.05, 4.69) is 17.7 Å². The van der Waals surface area contributed by atoms with Gasteiger partial charge in [-0.15, -0.1) is 11.3 Å². The number of hydrogen-bond donors (Lipinski definition) is 2. The number of carbonyl (C=O) groups is 4. The molecule has 9 heteroatoms. The lowest BCUT2D eigenvalue weighted by atomic mass is 9.77. The molecule has 0 bridgehead atoms. The van der Waals surface area contributed by atoms with Crippen molar-refractivity contribution in [3.63, 3.8) is 0 Å². The van der Waals surface area contributed by atoms with Crippen LogP contribution in [-0.2, 0) is 14.3 Å². The van der Waals surface area contributed by atoms with Gasteiger partial charge in [-0.25, -0.2) is 9.59 Å². The Morgan fingerprint density at radius 2 is 2.00 bits per heavy atom. The third-order valence-electron chi connectivity index (χ3n) is 5.12. The molecule has 1 aromatic rings. The number of hydrazine groups is 1. The van der Waals surface area contributed by atoms with E-state index in [1.165, 1.54) is 11.3 Å². The normalized spacial score (nSPS) is 24.9. The first-order chi connectivity index (χ1) is 12.7. The SMILES string of the molecule is Cc1cc(C(=O)OCC(=O)NN2C(=O)NC3(CCC(C)CC3)C2=O)c(C)s1. The highest BCUT2D eigenvalue weighted by Crippen LogP contribution is 2.35. The molecule has 1 aliphatic heterocycles. The number of ether oxygens (including phenoxy) is 1. The van der Waals surface area contributed by atoms with Gasteiger partial charge in [-0.1, -0.05) is 6.92 Å². The minimum absolute atomic E-state index is 0.413. The average Bonchev–Trinajstić information content (AvgIpc) is 3.07. The smallest absolute Gasteiger partial charge is 0.344 e. The summed E-state index contributed by atoms with van der Waals surface area (Å²) in [6.45, 7) is 5.21. The van der Waals surface area contributed by atoms with Crippen LogP contribution in [0.2, 0.25) is 0 Å². The zero-order valence-electron chi connectivity index (χ0n) is 15.6.